The van der Waals surface area contributed by atoms with E-state index >= 15 is 0 Å². The second-order valence-electron chi connectivity index (χ2n) is 4.08. The summed E-state index contributed by atoms with van der Waals surface area (Å²) in [6, 6.07) is 0.463. The summed E-state index contributed by atoms with van der Waals surface area (Å²) in [5.41, 5.74) is 7.46. The molecule has 0 bridgehead atoms. The second kappa shape index (κ2) is 3.30. The second-order valence-corrected chi connectivity index (χ2v) is 4.08. The third kappa shape index (κ3) is 1.14. The smallest absolute Gasteiger partial charge is 0.164 e. The van der Waals surface area contributed by atoms with E-state index in [9.17, 15) is 0 Å². The Bertz CT molecular complexity index is 553. The highest BCUT2D eigenvalue weighted by atomic mass is 15.3. The molecule has 0 spiro atoms. The van der Waals surface area contributed by atoms with E-state index in [2.05, 4.69) is 21.6 Å². The van der Waals surface area contributed by atoms with Gasteiger partial charge in [-0.2, -0.15) is 5.10 Å². The first kappa shape index (κ1) is 9.33. The highest BCUT2D eigenvalue weighted by molar-refractivity contribution is 5.92. The number of nitrogen functional groups attached to an aromatic ring is 1. The van der Waals surface area contributed by atoms with Gasteiger partial charge in [-0.05, 0) is 25.3 Å². The zero-order valence-corrected chi connectivity index (χ0v) is 8.93. The van der Waals surface area contributed by atoms with Crippen molar-refractivity contribution in [2.75, 3.05) is 5.73 Å². The summed E-state index contributed by atoms with van der Waals surface area (Å²) in [7, 11) is 0. The fourth-order valence-electron chi connectivity index (χ4n) is 2.05. The number of rotatable bonds is 2. The van der Waals surface area contributed by atoms with Gasteiger partial charge < -0.3 is 5.73 Å². The highest BCUT2D eigenvalue weighted by Crippen LogP contribution is 2.34. The van der Waals surface area contributed by atoms with Crippen LogP contribution < -0.4 is 5.73 Å². The third-order valence-corrected chi connectivity index (χ3v) is 3.16. The average Bonchev–Trinajstić information content (AvgIpc) is 2.56. The molecule has 2 aromatic heterocycles. The van der Waals surface area contributed by atoms with Crippen LogP contribution in [0.5, 0.6) is 0 Å². The van der Waals surface area contributed by atoms with Gasteiger partial charge in [-0.25, -0.2) is 14.6 Å². The minimum atomic E-state index is 0.463. The Morgan fingerprint density at radius 2 is 2.25 bits per heavy atom. The van der Waals surface area contributed by atoms with Crippen molar-refractivity contribution in [3.8, 4) is 0 Å². The van der Waals surface area contributed by atoms with Crippen LogP contribution in [-0.2, 0) is 0 Å². The first-order chi connectivity index (χ1) is 7.81. The Morgan fingerprint density at radius 1 is 1.44 bits per heavy atom. The van der Waals surface area contributed by atoms with Gasteiger partial charge in [0.15, 0.2) is 5.65 Å². The fourth-order valence-corrected chi connectivity index (χ4v) is 2.05. The van der Waals surface area contributed by atoms with Crippen LogP contribution in [0.2, 0.25) is 0 Å². The molecule has 0 radical (unpaired) electrons. The predicted octanol–water partition coefficient (Wildman–Crippen LogP) is 1.78. The van der Waals surface area contributed by atoms with Gasteiger partial charge in [-0.3, -0.25) is 0 Å². The van der Waals surface area contributed by atoms with Crippen molar-refractivity contribution in [1.82, 2.24) is 19.7 Å². The molecule has 0 aliphatic heterocycles. The highest BCUT2D eigenvalue weighted by Gasteiger charge is 2.24. The molecule has 0 saturated heterocycles. The van der Waals surface area contributed by atoms with Gasteiger partial charge in [0, 0.05) is 0 Å². The number of nitrogens with zero attached hydrogens (tertiary/aromatic N) is 4. The molecule has 2 aromatic rings. The molecule has 16 heavy (non-hydrogen) atoms. The van der Waals surface area contributed by atoms with Crippen LogP contribution >= 0.6 is 0 Å². The van der Waals surface area contributed by atoms with Crippen molar-refractivity contribution < 1.29 is 0 Å². The molecule has 1 fully saturated rings. The lowest BCUT2D eigenvalue weighted by molar-refractivity contribution is 0.295. The summed E-state index contributed by atoms with van der Waals surface area (Å²) in [4.78, 5) is 8.27. The van der Waals surface area contributed by atoms with E-state index in [0.717, 1.165) is 29.6 Å². The Balaban J connectivity index is 2.29. The summed E-state index contributed by atoms with van der Waals surface area (Å²) in [5.74, 6) is 0.477. The number of nitrogens with two attached hydrogens (primary N) is 1. The van der Waals surface area contributed by atoms with Gasteiger partial charge in [0.2, 0.25) is 0 Å². The lowest BCUT2D eigenvalue weighted by atomic mass is 9.93. The molecule has 3 rings (SSSR count). The van der Waals surface area contributed by atoms with Crippen LogP contribution in [0, 0.1) is 0 Å². The number of anilines is 1. The minimum Gasteiger partial charge on any atom is -0.383 e. The lowest BCUT2D eigenvalue weighted by Crippen LogP contribution is -2.18. The third-order valence-electron chi connectivity index (χ3n) is 3.16. The first-order valence-electron chi connectivity index (χ1n) is 5.42. The molecule has 1 saturated carbocycles. The van der Waals surface area contributed by atoms with Crippen LogP contribution in [0.25, 0.3) is 17.1 Å². The van der Waals surface area contributed by atoms with Crippen molar-refractivity contribution in [3.05, 3.63) is 18.6 Å². The summed E-state index contributed by atoms with van der Waals surface area (Å²) in [6.45, 7) is 3.75. The Hall–Kier alpha value is -1.91. The summed E-state index contributed by atoms with van der Waals surface area (Å²) in [6.07, 6.45) is 6.78. The molecule has 0 aromatic carbocycles. The number of hydrogen-bond donors (Lipinski definition) is 1. The van der Waals surface area contributed by atoms with Gasteiger partial charge in [0.1, 0.15) is 12.1 Å². The molecule has 1 aliphatic carbocycles. The molecule has 5 heteroatoms. The molecule has 82 valence electrons. The molecule has 2 N–H and O–H groups in total. The summed E-state index contributed by atoms with van der Waals surface area (Å²) in [5, 5.41) is 5.33. The monoisotopic (exact) mass is 215 g/mol. The van der Waals surface area contributed by atoms with E-state index in [-0.39, 0.29) is 0 Å². The topological polar surface area (TPSA) is 69.6 Å². The molecule has 1 aliphatic rings. The van der Waals surface area contributed by atoms with Crippen molar-refractivity contribution >= 4 is 22.9 Å². The van der Waals surface area contributed by atoms with E-state index in [1.807, 2.05) is 4.68 Å². The van der Waals surface area contributed by atoms with Crippen LogP contribution in [0.3, 0.4) is 0 Å². The van der Waals surface area contributed by atoms with Gasteiger partial charge in [-0.1, -0.05) is 6.58 Å². The largest absolute Gasteiger partial charge is 0.383 e. The average molecular weight is 215 g/mol. The zero-order chi connectivity index (χ0) is 11.1. The Labute approximate surface area is 93.0 Å². The molecule has 0 atom stereocenters. The number of aromatic nitrogens is 4. The van der Waals surface area contributed by atoms with E-state index in [0.29, 0.717) is 11.9 Å². The minimum absolute atomic E-state index is 0.463. The van der Waals surface area contributed by atoms with Crippen molar-refractivity contribution in [2.24, 2.45) is 0 Å². The number of hydrogen-bond acceptors (Lipinski definition) is 4. The Kier molecular flexibility index (Phi) is 1.92. The molecular weight excluding hydrogens is 202 g/mol. The van der Waals surface area contributed by atoms with E-state index in [1.54, 1.807) is 6.08 Å². The van der Waals surface area contributed by atoms with E-state index < -0.39 is 0 Å². The van der Waals surface area contributed by atoms with Gasteiger partial charge in [0.25, 0.3) is 0 Å². The summed E-state index contributed by atoms with van der Waals surface area (Å²) >= 11 is 0. The van der Waals surface area contributed by atoms with Crippen LogP contribution in [0.4, 0.5) is 5.82 Å². The van der Waals surface area contributed by atoms with Crippen molar-refractivity contribution in [2.45, 2.75) is 25.3 Å². The summed E-state index contributed by atoms with van der Waals surface area (Å²) < 4.78 is 1.97. The first-order valence-corrected chi connectivity index (χ1v) is 5.42. The van der Waals surface area contributed by atoms with Gasteiger partial charge >= 0.3 is 0 Å². The Morgan fingerprint density at radius 3 is 2.88 bits per heavy atom. The van der Waals surface area contributed by atoms with E-state index in [4.69, 9.17) is 5.73 Å². The lowest BCUT2D eigenvalue weighted by Gasteiger charge is -2.25. The standard InChI is InChI=1S/C11H13N5/c1-2-8-9-10(12)13-6-14-11(9)16(15-8)7-4-3-5-7/h2,6-7H,1,3-5H2,(H2,12,13,14). The van der Waals surface area contributed by atoms with Crippen LogP contribution in [0.1, 0.15) is 31.0 Å². The quantitative estimate of drug-likeness (QED) is 0.828. The SMILES string of the molecule is C=Cc1nn(C2CCC2)c2ncnc(N)c12. The number of fused-ring (bicyclic) bond motifs is 1. The van der Waals surface area contributed by atoms with E-state index in [1.165, 1.54) is 12.7 Å². The van der Waals surface area contributed by atoms with Crippen molar-refractivity contribution in [1.29, 1.82) is 0 Å². The van der Waals surface area contributed by atoms with Crippen molar-refractivity contribution in [3.63, 3.8) is 0 Å². The van der Waals surface area contributed by atoms with Gasteiger partial charge in [-0.15, -0.1) is 0 Å². The molecule has 0 unspecified atom stereocenters. The molecule has 2 heterocycles. The maximum Gasteiger partial charge on any atom is 0.164 e. The molecule has 5 nitrogen and oxygen atoms in total. The maximum absolute atomic E-state index is 5.85. The molecule has 0 amide bonds. The molecular formula is C11H13N5. The predicted molar refractivity (Wildman–Crippen MR) is 62.7 cm³/mol. The zero-order valence-electron chi connectivity index (χ0n) is 8.93. The van der Waals surface area contributed by atoms with Crippen LogP contribution in [-0.4, -0.2) is 19.7 Å². The van der Waals surface area contributed by atoms with Crippen LogP contribution in [0.15, 0.2) is 12.9 Å². The normalized spacial score (nSPS) is 16.2. The fraction of sp³-hybridized carbons (Fsp3) is 0.364. The van der Waals surface area contributed by atoms with Gasteiger partial charge in [0.05, 0.1) is 17.1 Å². The maximum atomic E-state index is 5.85.